The number of amides is 1. The van der Waals surface area contributed by atoms with Gasteiger partial charge >= 0.3 is 5.97 Å². The van der Waals surface area contributed by atoms with Crippen LogP contribution in [0.4, 0.5) is 0 Å². The van der Waals surface area contributed by atoms with E-state index in [9.17, 15) is 9.59 Å². The van der Waals surface area contributed by atoms with Crippen LogP contribution in [0.3, 0.4) is 0 Å². The minimum absolute atomic E-state index is 0.164. The molecule has 1 aromatic rings. The molecule has 1 atom stereocenters. The first-order chi connectivity index (χ1) is 8.63. The topological polar surface area (TPSA) is 114 Å². The first-order valence-corrected chi connectivity index (χ1v) is 5.77. The highest BCUT2D eigenvalue weighted by atomic mass is 16.4. The van der Waals surface area contributed by atoms with Crippen LogP contribution in [-0.2, 0) is 11.3 Å². The Balaban J connectivity index is 2.12. The van der Waals surface area contributed by atoms with Gasteiger partial charge in [0, 0.05) is 13.1 Å². The van der Waals surface area contributed by atoms with Crippen LogP contribution < -0.4 is 5.73 Å². The molecule has 8 nitrogen and oxygen atoms in total. The Morgan fingerprint density at radius 2 is 2.33 bits per heavy atom. The lowest BCUT2D eigenvalue weighted by molar-refractivity contribution is -0.141. The molecule has 1 aliphatic rings. The Kier molecular flexibility index (Phi) is 3.56. The molecule has 0 saturated carbocycles. The zero-order valence-electron chi connectivity index (χ0n) is 9.82. The van der Waals surface area contributed by atoms with Crippen molar-refractivity contribution in [1.29, 1.82) is 0 Å². The second-order valence-electron chi connectivity index (χ2n) is 4.15. The number of likely N-dealkylation sites (tertiary alicyclic amines) is 1. The molecule has 1 amide bonds. The molecule has 0 bridgehead atoms. The molecule has 1 unspecified atom stereocenters. The lowest BCUT2D eigenvalue weighted by Gasteiger charge is -2.19. The predicted octanol–water partition coefficient (Wildman–Crippen LogP) is -1.07. The zero-order valence-corrected chi connectivity index (χ0v) is 9.82. The van der Waals surface area contributed by atoms with E-state index in [-0.39, 0.29) is 11.6 Å². The van der Waals surface area contributed by atoms with E-state index in [0.717, 1.165) is 0 Å². The van der Waals surface area contributed by atoms with Gasteiger partial charge in [-0.15, -0.1) is 5.10 Å². The summed E-state index contributed by atoms with van der Waals surface area (Å²) in [6.45, 7) is 1.32. The third-order valence-corrected chi connectivity index (χ3v) is 2.91. The van der Waals surface area contributed by atoms with Crippen LogP contribution in [0.1, 0.15) is 23.3 Å². The Labute approximate surface area is 103 Å². The monoisotopic (exact) mass is 253 g/mol. The quantitative estimate of drug-likeness (QED) is 0.705. The van der Waals surface area contributed by atoms with Gasteiger partial charge in [0.1, 0.15) is 6.04 Å². The Morgan fingerprint density at radius 3 is 3.00 bits per heavy atom. The Morgan fingerprint density at radius 1 is 1.56 bits per heavy atom. The molecule has 1 aromatic heterocycles. The van der Waals surface area contributed by atoms with Crippen molar-refractivity contribution in [1.82, 2.24) is 19.9 Å². The summed E-state index contributed by atoms with van der Waals surface area (Å²) in [7, 11) is 0. The van der Waals surface area contributed by atoms with Gasteiger partial charge in [0.15, 0.2) is 5.69 Å². The van der Waals surface area contributed by atoms with Crippen molar-refractivity contribution in [2.45, 2.75) is 25.4 Å². The maximum atomic E-state index is 12.1. The summed E-state index contributed by atoms with van der Waals surface area (Å²) in [5.74, 6) is -1.36. The average Bonchev–Trinajstić information content (AvgIpc) is 2.96. The molecule has 0 radical (unpaired) electrons. The van der Waals surface area contributed by atoms with Gasteiger partial charge in [-0.3, -0.25) is 9.48 Å². The SMILES string of the molecule is NCCn1cc(C(=O)N2CCCC2C(=O)O)nn1. The van der Waals surface area contributed by atoms with Crippen molar-refractivity contribution >= 4 is 11.9 Å². The first-order valence-electron chi connectivity index (χ1n) is 5.77. The van der Waals surface area contributed by atoms with Crippen LogP contribution in [0.5, 0.6) is 0 Å². The zero-order chi connectivity index (χ0) is 13.1. The second kappa shape index (κ2) is 5.13. The van der Waals surface area contributed by atoms with Crippen LogP contribution >= 0.6 is 0 Å². The molecule has 0 spiro atoms. The fourth-order valence-electron chi connectivity index (χ4n) is 2.05. The molecule has 18 heavy (non-hydrogen) atoms. The van der Waals surface area contributed by atoms with E-state index in [1.165, 1.54) is 15.8 Å². The van der Waals surface area contributed by atoms with E-state index in [0.29, 0.717) is 32.5 Å². The molecule has 2 heterocycles. The van der Waals surface area contributed by atoms with Gasteiger partial charge < -0.3 is 15.7 Å². The van der Waals surface area contributed by atoms with Crippen molar-refractivity contribution in [2.75, 3.05) is 13.1 Å². The maximum absolute atomic E-state index is 12.1. The molecule has 8 heteroatoms. The van der Waals surface area contributed by atoms with E-state index >= 15 is 0 Å². The minimum Gasteiger partial charge on any atom is -0.480 e. The van der Waals surface area contributed by atoms with Crippen molar-refractivity contribution in [3.8, 4) is 0 Å². The lowest BCUT2D eigenvalue weighted by atomic mass is 10.2. The third kappa shape index (κ3) is 2.33. The van der Waals surface area contributed by atoms with Gasteiger partial charge in [-0.1, -0.05) is 5.21 Å². The Bertz CT molecular complexity index is 458. The van der Waals surface area contributed by atoms with E-state index in [4.69, 9.17) is 10.8 Å². The smallest absolute Gasteiger partial charge is 0.326 e. The molecular formula is C10H15N5O3. The number of hydrogen-bond donors (Lipinski definition) is 2. The summed E-state index contributed by atoms with van der Waals surface area (Å²) < 4.78 is 1.47. The molecule has 1 aliphatic heterocycles. The van der Waals surface area contributed by atoms with Crippen LogP contribution in [0.2, 0.25) is 0 Å². The van der Waals surface area contributed by atoms with Crippen molar-refractivity contribution in [3.05, 3.63) is 11.9 Å². The molecule has 1 fully saturated rings. The number of aromatic nitrogens is 3. The Hall–Kier alpha value is -1.96. The van der Waals surface area contributed by atoms with Gasteiger partial charge in [0.25, 0.3) is 5.91 Å². The van der Waals surface area contributed by atoms with E-state index < -0.39 is 12.0 Å². The number of rotatable bonds is 4. The summed E-state index contributed by atoms with van der Waals surface area (Å²) in [5, 5.41) is 16.5. The molecule has 1 saturated heterocycles. The van der Waals surface area contributed by atoms with Gasteiger partial charge in [-0.05, 0) is 12.8 Å². The highest BCUT2D eigenvalue weighted by Gasteiger charge is 2.35. The standard InChI is InChI=1S/C10H15N5O3/c11-3-5-14-6-7(12-13-14)9(16)15-4-1-2-8(15)10(17)18/h6,8H,1-5,11H2,(H,17,18). The van der Waals surface area contributed by atoms with Gasteiger partial charge in [-0.25, -0.2) is 4.79 Å². The number of carboxylic acid groups (broad SMARTS) is 1. The number of nitrogens with two attached hydrogens (primary N) is 1. The maximum Gasteiger partial charge on any atom is 0.326 e. The predicted molar refractivity (Wildman–Crippen MR) is 60.8 cm³/mol. The third-order valence-electron chi connectivity index (χ3n) is 2.91. The van der Waals surface area contributed by atoms with E-state index in [2.05, 4.69) is 10.3 Å². The first kappa shape index (κ1) is 12.5. The molecule has 98 valence electrons. The second-order valence-corrected chi connectivity index (χ2v) is 4.15. The summed E-state index contributed by atoms with van der Waals surface area (Å²) in [5.41, 5.74) is 5.53. The number of carboxylic acids is 1. The highest BCUT2D eigenvalue weighted by Crippen LogP contribution is 2.19. The summed E-state index contributed by atoms with van der Waals surface area (Å²) in [6, 6.07) is -0.753. The van der Waals surface area contributed by atoms with Crippen molar-refractivity contribution < 1.29 is 14.7 Å². The number of nitrogens with zero attached hydrogens (tertiary/aromatic N) is 4. The number of carbonyl (C=O) groups excluding carboxylic acids is 1. The van der Waals surface area contributed by atoms with Gasteiger partial charge in [-0.2, -0.15) is 0 Å². The van der Waals surface area contributed by atoms with Gasteiger partial charge in [0.05, 0.1) is 12.7 Å². The number of hydrogen-bond acceptors (Lipinski definition) is 5. The number of aliphatic carboxylic acids is 1. The minimum atomic E-state index is -0.977. The van der Waals surface area contributed by atoms with Crippen LogP contribution in [0.25, 0.3) is 0 Å². The van der Waals surface area contributed by atoms with Crippen LogP contribution in [0, 0.1) is 0 Å². The molecule has 2 rings (SSSR count). The normalized spacial score (nSPS) is 19.2. The molecule has 0 aromatic carbocycles. The van der Waals surface area contributed by atoms with Crippen LogP contribution in [-0.4, -0.2) is 56.0 Å². The van der Waals surface area contributed by atoms with E-state index in [1.807, 2.05) is 0 Å². The van der Waals surface area contributed by atoms with Gasteiger partial charge in [0.2, 0.25) is 0 Å². The fraction of sp³-hybridized carbons (Fsp3) is 0.600. The highest BCUT2D eigenvalue weighted by molar-refractivity contribution is 5.95. The van der Waals surface area contributed by atoms with Crippen molar-refractivity contribution in [3.63, 3.8) is 0 Å². The average molecular weight is 253 g/mol. The summed E-state index contributed by atoms with van der Waals surface area (Å²) >= 11 is 0. The fourth-order valence-corrected chi connectivity index (χ4v) is 2.05. The molecule has 0 aliphatic carbocycles. The molecular weight excluding hydrogens is 238 g/mol. The molecule has 3 N–H and O–H groups in total. The lowest BCUT2D eigenvalue weighted by Crippen LogP contribution is -2.40. The largest absolute Gasteiger partial charge is 0.480 e. The summed E-state index contributed by atoms with van der Waals surface area (Å²) in [6.07, 6.45) is 2.67. The van der Waals surface area contributed by atoms with E-state index in [1.54, 1.807) is 0 Å². The summed E-state index contributed by atoms with van der Waals surface area (Å²) in [4.78, 5) is 24.4. The van der Waals surface area contributed by atoms with Crippen molar-refractivity contribution in [2.24, 2.45) is 5.73 Å². The number of carbonyl (C=O) groups is 2. The van der Waals surface area contributed by atoms with Crippen LogP contribution in [0.15, 0.2) is 6.20 Å².